The van der Waals surface area contributed by atoms with Crippen LogP contribution in [-0.4, -0.2) is 16.7 Å². The Morgan fingerprint density at radius 3 is 2.79 bits per heavy atom. The zero-order chi connectivity index (χ0) is 20.0. The van der Waals surface area contributed by atoms with E-state index in [9.17, 15) is 9.90 Å². The number of rotatable bonds is 2. The first-order valence-corrected chi connectivity index (χ1v) is 10.4. The van der Waals surface area contributed by atoms with E-state index in [2.05, 4.69) is 5.32 Å². The minimum Gasteiger partial charge on any atom is -0.507 e. The van der Waals surface area contributed by atoms with E-state index in [1.54, 1.807) is 24.3 Å². The molecule has 1 saturated heterocycles. The molecular formula is C24H22ClNO3. The molecule has 2 N–H and O–H groups in total. The molecule has 148 valence electrons. The van der Waals surface area contributed by atoms with Crippen molar-refractivity contribution in [1.29, 1.82) is 0 Å². The number of para-hydroxylation sites is 1. The van der Waals surface area contributed by atoms with Gasteiger partial charge in [0, 0.05) is 28.8 Å². The average Bonchev–Trinajstić information content (AvgIpc) is 2.72. The van der Waals surface area contributed by atoms with Gasteiger partial charge in [0.2, 0.25) is 0 Å². The fourth-order valence-electron chi connectivity index (χ4n) is 5.03. The lowest BCUT2D eigenvalue weighted by molar-refractivity contribution is -0.140. The number of halogens is 1. The number of benzene rings is 2. The highest BCUT2D eigenvalue weighted by molar-refractivity contribution is 6.30. The van der Waals surface area contributed by atoms with Crippen LogP contribution in [0, 0.1) is 5.92 Å². The maximum absolute atomic E-state index is 13.1. The van der Waals surface area contributed by atoms with E-state index < -0.39 is 5.72 Å². The number of aliphatic hydroxyl groups excluding tert-OH is 1. The van der Waals surface area contributed by atoms with Crippen molar-refractivity contribution >= 4 is 23.6 Å². The van der Waals surface area contributed by atoms with Crippen LogP contribution in [0.3, 0.4) is 0 Å². The molecule has 0 spiro atoms. The molecule has 1 amide bonds. The van der Waals surface area contributed by atoms with Gasteiger partial charge < -0.3 is 15.2 Å². The summed E-state index contributed by atoms with van der Waals surface area (Å²) in [7, 11) is 0. The number of carbonyl (C=O) groups is 1. The predicted molar refractivity (Wildman–Crippen MR) is 113 cm³/mol. The summed E-state index contributed by atoms with van der Waals surface area (Å²) in [6.07, 6.45) is 7.26. The molecule has 2 fully saturated rings. The lowest BCUT2D eigenvalue weighted by Crippen LogP contribution is -2.66. The summed E-state index contributed by atoms with van der Waals surface area (Å²) >= 11 is 5.94. The van der Waals surface area contributed by atoms with Crippen LogP contribution in [-0.2, 0) is 4.79 Å². The van der Waals surface area contributed by atoms with Crippen molar-refractivity contribution in [2.24, 2.45) is 5.92 Å². The topological polar surface area (TPSA) is 58.6 Å². The van der Waals surface area contributed by atoms with Gasteiger partial charge in [0.25, 0.3) is 5.91 Å². The molecule has 2 heterocycles. The fraction of sp³-hybridized carbons (Fsp3) is 0.292. The number of fused-ring (bicyclic) bond motifs is 2. The molecule has 1 aliphatic carbocycles. The summed E-state index contributed by atoms with van der Waals surface area (Å²) < 4.78 is 6.37. The van der Waals surface area contributed by atoms with Gasteiger partial charge in [0.15, 0.2) is 5.72 Å². The Bertz CT molecular complexity index is 1030. The molecule has 0 aromatic heterocycles. The van der Waals surface area contributed by atoms with E-state index >= 15 is 0 Å². The molecule has 0 unspecified atom stereocenters. The SMILES string of the molecule is O=C1N[C@@]23CCCC[C@@H]2[C@@H](/C1=C(O)\C=C\c1ccc(Cl)cc1)c1ccccc1O3. The molecule has 2 bridgehead atoms. The number of hydrogen-bond acceptors (Lipinski definition) is 3. The molecule has 5 rings (SSSR count). The lowest BCUT2D eigenvalue weighted by atomic mass is 9.64. The minimum absolute atomic E-state index is 0.00155. The zero-order valence-corrected chi connectivity index (χ0v) is 16.7. The Morgan fingerprint density at radius 1 is 1.17 bits per heavy atom. The van der Waals surface area contributed by atoms with Crippen LogP contribution >= 0.6 is 11.6 Å². The second-order valence-electron chi connectivity index (χ2n) is 8.00. The van der Waals surface area contributed by atoms with Crippen LogP contribution in [0.2, 0.25) is 5.02 Å². The van der Waals surface area contributed by atoms with Gasteiger partial charge in [-0.3, -0.25) is 4.79 Å². The van der Waals surface area contributed by atoms with Gasteiger partial charge in [-0.25, -0.2) is 0 Å². The van der Waals surface area contributed by atoms with Crippen LogP contribution in [0.5, 0.6) is 5.75 Å². The van der Waals surface area contributed by atoms with E-state index in [-0.39, 0.29) is 23.5 Å². The highest BCUT2D eigenvalue weighted by Gasteiger charge is 2.57. The van der Waals surface area contributed by atoms with Crippen LogP contribution in [0.4, 0.5) is 0 Å². The van der Waals surface area contributed by atoms with Crippen molar-refractivity contribution < 1.29 is 14.6 Å². The zero-order valence-electron chi connectivity index (χ0n) is 15.9. The monoisotopic (exact) mass is 407 g/mol. The van der Waals surface area contributed by atoms with Crippen LogP contribution < -0.4 is 10.1 Å². The number of hydrogen-bond donors (Lipinski definition) is 2. The molecule has 1 saturated carbocycles. The third-order valence-electron chi connectivity index (χ3n) is 6.32. The Labute approximate surface area is 174 Å². The van der Waals surface area contributed by atoms with Crippen molar-refractivity contribution in [2.75, 3.05) is 0 Å². The van der Waals surface area contributed by atoms with Gasteiger partial charge in [-0.15, -0.1) is 0 Å². The third kappa shape index (κ3) is 3.03. The molecule has 4 nitrogen and oxygen atoms in total. The van der Waals surface area contributed by atoms with Crippen molar-refractivity contribution in [1.82, 2.24) is 5.32 Å². The predicted octanol–water partition coefficient (Wildman–Crippen LogP) is 5.36. The fourth-order valence-corrected chi connectivity index (χ4v) is 5.16. The summed E-state index contributed by atoms with van der Waals surface area (Å²) in [5.41, 5.74) is 1.63. The molecular weight excluding hydrogens is 386 g/mol. The average molecular weight is 408 g/mol. The third-order valence-corrected chi connectivity index (χ3v) is 6.57. The maximum Gasteiger partial charge on any atom is 0.254 e. The number of piperidine rings is 1. The summed E-state index contributed by atoms with van der Waals surface area (Å²) in [5.74, 6) is 0.482. The Hall–Kier alpha value is -2.72. The van der Waals surface area contributed by atoms with Crippen LogP contribution in [0.25, 0.3) is 6.08 Å². The van der Waals surface area contributed by atoms with E-state index in [0.29, 0.717) is 10.6 Å². The van der Waals surface area contributed by atoms with Gasteiger partial charge in [-0.05, 0) is 42.7 Å². The quantitative estimate of drug-likeness (QED) is 0.520. The van der Waals surface area contributed by atoms with E-state index in [4.69, 9.17) is 16.3 Å². The maximum atomic E-state index is 13.1. The highest BCUT2D eigenvalue weighted by atomic mass is 35.5. The lowest BCUT2D eigenvalue weighted by Gasteiger charge is -2.54. The highest BCUT2D eigenvalue weighted by Crippen LogP contribution is 2.55. The first-order valence-electron chi connectivity index (χ1n) is 10.0. The summed E-state index contributed by atoms with van der Waals surface area (Å²) in [4.78, 5) is 13.1. The van der Waals surface area contributed by atoms with E-state index in [1.165, 1.54) is 0 Å². The number of carbonyl (C=O) groups excluding carboxylic acids is 1. The Morgan fingerprint density at radius 2 is 1.97 bits per heavy atom. The van der Waals surface area contributed by atoms with Crippen molar-refractivity contribution in [3.8, 4) is 5.75 Å². The molecule has 5 heteroatoms. The second kappa shape index (κ2) is 6.96. The van der Waals surface area contributed by atoms with E-state index in [0.717, 1.165) is 42.6 Å². The van der Waals surface area contributed by atoms with Gasteiger partial charge in [-0.1, -0.05) is 54.4 Å². The number of allylic oxidation sites excluding steroid dienone is 1. The van der Waals surface area contributed by atoms with Crippen molar-refractivity contribution in [3.05, 3.63) is 82.1 Å². The van der Waals surface area contributed by atoms with Gasteiger partial charge in [-0.2, -0.15) is 0 Å². The van der Waals surface area contributed by atoms with E-state index in [1.807, 2.05) is 36.4 Å². The molecule has 2 aliphatic heterocycles. The number of nitrogens with one attached hydrogen (secondary N) is 1. The Kier molecular flexibility index (Phi) is 4.39. The largest absolute Gasteiger partial charge is 0.507 e. The standard InChI is InChI=1S/C24H22ClNO3/c25-16-11-8-15(9-12-16)10-13-19(27)22-21-17-5-1-2-7-20(17)29-24(26-23(22)28)14-4-3-6-18(21)24/h1-2,5,7-13,18,21,27H,3-4,6,14H2,(H,26,28)/b13-10+,22-19-/t18-,21+,24-/m1/s1. The van der Waals surface area contributed by atoms with Gasteiger partial charge in [0.05, 0.1) is 5.57 Å². The van der Waals surface area contributed by atoms with Crippen molar-refractivity contribution in [2.45, 2.75) is 37.3 Å². The number of amides is 1. The smallest absolute Gasteiger partial charge is 0.254 e. The second-order valence-corrected chi connectivity index (χ2v) is 8.43. The first kappa shape index (κ1) is 18.3. The number of aliphatic hydroxyl groups is 1. The van der Waals surface area contributed by atoms with Crippen LogP contribution in [0.1, 0.15) is 42.7 Å². The summed E-state index contributed by atoms with van der Waals surface area (Å²) in [6.45, 7) is 0. The van der Waals surface area contributed by atoms with Gasteiger partial charge in [0.1, 0.15) is 11.5 Å². The normalized spacial score (nSPS) is 29.5. The van der Waals surface area contributed by atoms with Crippen molar-refractivity contribution in [3.63, 3.8) is 0 Å². The van der Waals surface area contributed by atoms with Gasteiger partial charge >= 0.3 is 0 Å². The molecule has 0 radical (unpaired) electrons. The minimum atomic E-state index is -0.669. The summed E-state index contributed by atoms with van der Waals surface area (Å²) in [5, 5.41) is 14.7. The molecule has 3 atom stereocenters. The molecule has 29 heavy (non-hydrogen) atoms. The summed E-state index contributed by atoms with van der Waals surface area (Å²) in [6, 6.07) is 15.2. The molecule has 2 aromatic carbocycles. The molecule has 3 aliphatic rings. The van der Waals surface area contributed by atoms with Crippen LogP contribution in [0.15, 0.2) is 65.9 Å². The first-order chi connectivity index (χ1) is 14.1. The number of ether oxygens (including phenoxy) is 1. The molecule has 2 aromatic rings. The Balaban J connectivity index is 1.60.